The SMILES string of the molecule is Cc1cccc(Cn2cnc(NC(=O)CCn3ncc([N+](=O)[O-])c3C)n2)c1. The third-order valence-corrected chi connectivity index (χ3v) is 4.04. The Morgan fingerprint density at radius 1 is 1.33 bits per heavy atom. The first-order valence-electron chi connectivity index (χ1n) is 8.34. The van der Waals surface area contributed by atoms with E-state index < -0.39 is 4.92 Å². The molecule has 3 rings (SSSR count). The lowest BCUT2D eigenvalue weighted by Gasteiger charge is -2.04. The lowest BCUT2D eigenvalue weighted by Crippen LogP contribution is -2.16. The highest BCUT2D eigenvalue weighted by atomic mass is 16.6. The fourth-order valence-electron chi connectivity index (χ4n) is 2.66. The second kappa shape index (κ2) is 7.77. The summed E-state index contributed by atoms with van der Waals surface area (Å²) in [6, 6.07) is 8.06. The summed E-state index contributed by atoms with van der Waals surface area (Å²) in [6.45, 7) is 4.40. The number of hydrogen-bond acceptors (Lipinski definition) is 6. The molecular weight excluding hydrogens is 350 g/mol. The molecule has 0 aliphatic carbocycles. The standard InChI is InChI=1S/C17H19N7O3/c1-12-4-3-5-14(8-12)10-22-11-18-17(21-22)20-16(25)6-7-23-13(2)15(9-19-23)24(26)27/h3-5,8-9,11H,6-7,10H2,1-2H3,(H,20,21,25). The fraction of sp³-hybridized carbons (Fsp3) is 0.294. The van der Waals surface area contributed by atoms with Gasteiger partial charge in [-0.2, -0.15) is 5.10 Å². The van der Waals surface area contributed by atoms with Crippen molar-refractivity contribution in [3.8, 4) is 0 Å². The summed E-state index contributed by atoms with van der Waals surface area (Å²) in [5.74, 6) is -0.0725. The van der Waals surface area contributed by atoms with Gasteiger partial charge in [-0.3, -0.25) is 24.9 Å². The Balaban J connectivity index is 1.54. The molecule has 0 atom stereocenters. The van der Waals surface area contributed by atoms with Crippen molar-refractivity contribution in [2.75, 3.05) is 5.32 Å². The Hall–Kier alpha value is -3.56. The van der Waals surface area contributed by atoms with Crippen molar-refractivity contribution in [2.45, 2.75) is 33.4 Å². The maximum atomic E-state index is 12.1. The number of anilines is 1. The monoisotopic (exact) mass is 369 g/mol. The fourth-order valence-corrected chi connectivity index (χ4v) is 2.66. The Kier molecular flexibility index (Phi) is 5.25. The molecule has 27 heavy (non-hydrogen) atoms. The van der Waals surface area contributed by atoms with Gasteiger partial charge in [-0.1, -0.05) is 29.8 Å². The number of aryl methyl sites for hydroxylation is 2. The van der Waals surface area contributed by atoms with Crippen LogP contribution in [0.2, 0.25) is 0 Å². The normalized spacial score (nSPS) is 10.7. The van der Waals surface area contributed by atoms with Crippen LogP contribution in [0.3, 0.4) is 0 Å². The number of carbonyl (C=O) groups is 1. The molecule has 2 heterocycles. The first-order chi connectivity index (χ1) is 12.9. The molecule has 1 aromatic carbocycles. The van der Waals surface area contributed by atoms with Gasteiger partial charge in [0.25, 0.3) is 0 Å². The molecule has 0 radical (unpaired) electrons. The Bertz CT molecular complexity index is 977. The molecule has 3 aromatic rings. The summed E-state index contributed by atoms with van der Waals surface area (Å²) < 4.78 is 3.08. The number of carbonyl (C=O) groups excluding carboxylic acids is 1. The van der Waals surface area contributed by atoms with Crippen LogP contribution in [0.1, 0.15) is 23.2 Å². The summed E-state index contributed by atoms with van der Waals surface area (Å²) in [6.07, 6.45) is 2.84. The topological polar surface area (TPSA) is 121 Å². The zero-order valence-electron chi connectivity index (χ0n) is 15.0. The van der Waals surface area contributed by atoms with Crippen LogP contribution in [0.25, 0.3) is 0 Å². The van der Waals surface area contributed by atoms with Gasteiger partial charge in [0.15, 0.2) is 0 Å². The average Bonchev–Trinajstić information content (AvgIpc) is 3.19. The van der Waals surface area contributed by atoms with E-state index in [1.165, 1.54) is 10.9 Å². The molecule has 0 aliphatic rings. The van der Waals surface area contributed by atoms with E-state index in [2.05, 4.69) is 26.6 Å². The number of benzene rings is 1. The van der Waals surface area contributed by atoms with Crippen molar-refractivity contribution >= 4 is 17.5 Å². The maximum Gasteiger partial charge on any atom is 0.309 e. The average molecular weight is 369 g/mol. The minimum atomic E-state index is -0.496. The van der Waals surface area contributed by atoms with Crippen LogP contribution in [0, 0.1) is 24.0 Å². The van der Waals surface area contributed by atoms with Crippen LogP contribution in [-0.2, 0) is 17.9 Å². The van der Waals surface area contributed by atoms with Gasteiger partial charge >= 0.3 is 5.69 Å². The second-order valence-corrected chi connectivity index (χ2v) is 6.15. The number of nitro groups is 1. The van der Waals surface area contributed by atoms with E-state index in [-0.39, 0.29) is 30.5 Å². The summed E-state index contributed by atoms with van der Waals surface area (Å²) in [5.41, 5.74) is 2.60. The van der Waals surface area contributed by atoms with Gasteiger partial charge in [-0.05, 0) is 19.4 Å². The van der Waals surface area contributed by atoms with E-state index in [1.807, 2.05) is 25.1 Å². The molecule has 0 spiro atoms. The number of nitrogens with one attached hydrogen (secondary N) is 1. The smallest absolute Gasteiger partial charge is 0.293 e. The van der Waals surface area contributed by atoms with Crippen molar-refractivity contribution in [1.29, 1.82) is 0 Å². The van der Waals surface area contributed by atoms with E-state index in [0.717, 1.165) is 11.1 Å². The van der Waals surface area contributed by atoms with Crippen molar-refractivity contribution in [2.24, 2.45) is 0 Å². The van der Waals surface area contributed by atoms with Crippen LogP contribution in [0.4, 0.5) is 11.6 Å². The molecule has 0 fully saturated rings. The van der Waals surface area contributed by atoms with Crippen LogP contribution in [0.15, 0.2) is 36.8 Å². The lowest BCUT2D eigenvalue weighted by atomic mass is 10.1. The first kappa shape index (κ1) is 18.2. The second-order valence-electron chi connectivity index (χ2n) is 6.15. The van der Waals surface area contributed by atoms with Crippen molar-refractivity contribution < 1.29 is 9.72 Å². The maximum absolute atomic E-state index is 12.1. The minimum absolute atomic E-state index is 0.0630. The third-order valence-electron chi connectivity index (χ3n) is 4.04. The summed E-state index contributed by atoms with van der Waals surface area (Å²) in [5, 5.41) is 21.6. The number of nitrogens with zero attached hydrogens (tertiary/aromatic N) is 6. The Labute approximate surface area is 155 Å². The van der Waals surface area contributed by atoms with E-state index in [0.29, 0.717) is 12.2 Å². The van der Waals surface area contributed by atoms with Gasteiger partial charge in [0, 0.05) is 6.42 Å². The van der Waals surface area contributed by atoms with Crippen LogP contribution in [-0.4, -0.2) is 35.4 Å². The summed E-state index contributed by atoms with van der Waals surface area (Å²) >= 11 is 0. The van der Waals surface area contributed by atoms with Gasteiger partial charge in [-0.15, -0.1) is 5.10 Å². The zero-order valence-corrected chi connectivity index (χ0v) is 15.0. The minimum Gasteiger partial charge on any atom is -0.293 e. The highest BCUT2D eigenvalue weighted by Crippen LogP contribution is 2.16. The van der Waals surface area contributed by atoms with Crippen molar-refractivity contribution in [1.82, 2.24) is 24.5 Å². The number of amides is 1. The molecule has 10 nitrogen and oxygen atoms in total. The summed E-state index contributed by atoms with van der Waals surface area (Å²) in [4.78, 5) is 26.5. The van der Waals surface area contributed by atoms with Crippen LogP contribution in [0.5, 0.6) is 0 Å². The van der Waals surface area contributed by atoms with Gasteiger partial charge in [-0.25, -0.2) is 9.67 Å². The first-order valence-corrected chi connectivity index (χ1v) is 8.34. The molecule has 1 N–H and O–H groups in total. The van der Waals surface area contributed by atoms with E-state index in [4.69, 9.17) is 0 Å². The molecular formula is C17H19N7O3. The molecule has 0 bridgehead atoms. The Morgan fingerprint density at radius 3 is 2.85 bits per heavy atom. The molecule has 0 unspecified atom stereocenters. The number of aromatic nitrogens is 5. The largest absolute Gasteiger partial charge is 0.309 e. The van der Waals surface area contributed by atoms with Gasteiger partial charge < -0.3 is 0 Å². The van der Waals surface area contributed by atoms with Gasteiger partial charge in [0.1, 0.15) is 18.2 Å². The number of rotatable bonds is 7. The van der Waals surface area contributed by atoms with Crippen LogP contribution >= 0.6 is 0 Å². The predicted octanol–water partition coefficient (Wildman–Crippen LogP) is 2.08. The quantitative estimate of drug-likeness (QED) is 0.503. The van der Waals surface area contributed by atoms with Gasteiger partial charge in [0.2, 0.25) is 11.9 Å². The van der Waals surface area contributed by atoms with E-state index >= 15 is 0 Å². The highest BCUT2D eigenvalue weighted by Gasteiger charge is 2.17. The Morgan fingerprint density at radius 2 is 2.15 bits per heavy atom. The highest BCUT2D eigenvalue weighted by molar-refractivity contribution is 5.88. The van der Waals surface area contributed by atoms with Gasteiger partial charge in [0.05, 0.1) is 18.0 Å². The van der Waals surface area contributed by atoms with E-state index in [9.17, 15) is 14.9 Å². The number of hydrogen-bond donors (Lipinski definition) is 1. The molecule has 0 saturated carbocycles. The summed E-state index contributed by atoms with van der Waals surface area (Å²) in [7, 11) is 0. The zero-order chi connectivity index (χ0) is 19.4. The van der Waals surface area contributed by atoms with E-state index in [1.54, 1.807) is 17.9 Å². The molecule has 0 aliphatic heterocycles. The molecule has 140 valence electrons. The molecule has 10 heteroatoms. The molecule has 0 saturated heterocycles. The lowest BCUT2D eigenvalue weighted by molar-refractivity contribution is -0.385. The molecule has 1 amide bonds. The van der Waals surface area contributed by atoms with Crippen LogP contribution < -0.4 is 5.32 Å². The third kappa shape index (κ3) is 4.54. The van der Waals surface area contributed by atoms with Crippen molar-refractivity contribution in [3.05, 3.63) is 63.7 Å². The molecule has 2 aromatic heterocycles. The van der Waals surface area contributed by atoms with Crippen molar-refractivity contribution in [3.63, 3.8) is 0 Å². The predicted molar refractivity (Wildman–Crippen MR) is 97.2 cm³/mol.